The van der Waals surface area contributed by atoms with Crippen LogP contribution in [0.5, 0.6) is 0 Å². The number of hydrogen-bond acceptors (Lipinski definition) is 7. The van der Waals surface area contributed by atoms with Crippen LogP contribution in [0.25, 0.3) is 11.0 Å². The molecule has 0 saturated carbocycles. The maximum absolute atomic E-state index is 13.1. The first-order chi connectivity index (χ1) is 17.3. The quantitative estimate of drug-likeness (QED) is 0.522. The van der Waals surface area contributed by atoms with Crippen molar-refractivity contribution in [3.63, 3.8) is 0 Å². The number of H-pyrrole nitrogens is 1. The van der Waals surface area contributed by atoms with Gasteiger partial charge in [0.05, 0.1) is 16.8 Å². The lowest BCUT2D eigenvalue weighted by molar-refractivity contribution is -0.117. The van der Waals surface area contributed by atoms with Gasteiger partial charge in [-0.15, -0.1) is 0 Å². The third-order valence-corrected chi connectivity index (χ3v) is 8.83. The molecule has 1 amide bonds. The summed E-state index contributed by atoms with van der Waals surface area (Å²) < 4.78 is 27.7. The summed E-state index contributed by atoms with van der Waals surface area (Å²) in [5.41, 5.74) is 1.41. The van der Waals surface area contributed by atoms with Gasteiger partial charge >= 0.3 is 0 Å². The number of benzene rings is 1. The number of rotatable bonds is 6. The first-order valence-corrected chi connectivity index (χ1v) is 13.9. The largest absolute Gasteiger partial charge is 0.353 e. The highest BCUT2D eigenvalue weighted by atomic mass is 32.2. The summed E-state index contributed by atoms with van der Waals surface area (Å²) in [6.07, 6.45) is 4.47. The van der Waals surface area contributed by atoms with Crippen molar-refractivity contribution in [1.82, 2.24) is 24.2 Å². The van der Waals surface area contributed by atoms with Gasteiger partial charge in [-0.25, -0.2) is 18.4 Å². The van der Waals surface area contributed by atoms with Crippen molar-refractivity contribution in [3.05, 3.63) is 42.9 Å². The second-order valence-corrected chi connectivity index (χ2v) is 12.0. The SMILES string of the molecule is CC1CC(C)CN(S(=O)(=O)c2ccc(NC(=O)CN3CCN(c4ncnc5[nH]ccc45)CC3)cc2)C1. The summed E-state index contributed by atoms with van der Waals surface area (Å²) in [4.78, 5) is 29.1. The minimum atomic E-state index is -3.54. The number of carbonyl (C=O) groups is 1. The van der Waals surface area contributed by atoms with E-state index >= 15 is 0 Å². The topological polar surface area (TPSA) is 115 Å². The fourth-order valence-electron chi connectivity index (χ4n) is 5.29. The third kappa shape index (κ3) is 5.23. The average Bonchev–Trinajstić information content (AvgIpc) is 3.33. The lowest BCUT2D eigenvalue weighted by Crippen LogP contribution is -2.49. The number of fused-ring (bicyclic) bond motifs is 1. The summed E-state index contributed by atoms with van der Waals surface area (Å²) >= 11 is 0. The molecule has 2 N–H and O–H groups in total. The summed E-state index contributed by atoms with van der Waals surface area (Å²) in [5.74, 6) is 1.49. The number of anilines is 2. The van der Waals surface area contributed by atoms with Gasteiger partial charge in [-0.2, -0.15) is 4.31 Å². The van der Waals surface area contributed by atoms with Crippen molar-refractivity contribution >= 4 is 38.5 Å². The van der Waals surface area contributed by atoms with Gasteiger partial charge in [-0.05, 0) is 48.6 Å². The van der Waals surface area contributed by atoms with E-state index < -0.39 is 10.0 Å². The molecule has 0 aliphatic carbocycles. The standard InChI is InChI=1S/C25H33N7O3S/c1-18-13-19(2)15-32(14-18)36(34,35)21-5-3-20(4-6-21)29-23(33)16-30-9-11-31(12-10-30)25-22-7-8-26-24(22)27-17-28-25/h3-8,17-19H,9-16H2,1-2H3,(H,29,33)(H,26,27,28). The molecule has 192 valence electrons. The van der Waals surface area contributed by atoms with Gasteiger partial charge in [0, 0.05) is 51.2 Å². The van der Waals surface area contributed by atoms with Gasteiger partial charge in [0.15, 0.2) is 0 Å². The number of aromatic amines is 1. The Bertz CT molecular complexity index is 1310. The van der Waals surface area contributed by atoms with Crippen LogP contribution in [-0.4, -0.2) is 84.3 Å². The van der Waals surface area contributed by atoms with Crippen molar-refractivity contribution in [2.24, 2.45) is 11.8 Å². The Morgan fingerprint density at radius 2 is 1.72 bits per heavy atom. The van der Waals surface area contributed by atoms with E-state index in [1.54, 1.807) is 34.9 Å². The summed E-state index contributed by atoms with van der Waals surface area (Å²) in [7, 11) is -3.54. The van der Waals surface area contributed by atoms with Gasteiger partial charge in [-0.3, -0.25) is 9.69 Å². The number of nitrogens with one attached hydrogen (secondary N) is 2. The molecule has 2 aliphatic rings. The molecule has 0 bridgehead atoms. The Kier molecular flexibility index (Phi) is 6.96. The second-order valence-electron chi connectivity index (χ2n) is 10.0. The van der Waals surface area contributed by atoms with E-state index in [-0.39, 0.29) is 17.3 Å². The predicted molar refractivity (Wildman–Crippen MR) is 139 cm³/mol. The van der Waals surface area contributed by atoms with E-state index in [4.69, 9.17) is 0 Å². The van der Waals surface area contributed by atoms with E-state index in [0.29, 0.717) is 30.6 Å². The van der Waals surface area contributed by atoms with Crippen LogP contribution in [0.1, 0.15) is 20.3 Å². The van der Waals surface area contributed by atoms with Crippen LogP contribution >= 0.6 is 0 Å². The van der Waals surface area contributed by atoms with Crippen LogP contribution in [0.4, 0.5) is 11.5 Å². The number of aromatic nitrogens is 3. The Morgan fingerprint density at radius 3 is 2.42 bits per heavy atom. The molecule has 2 atom stereocenters. The van der Waals surface area contributed by atoms with Crippen molar-refractivity contribution < 1.29 is 13.2 Å². The van der Waals surface area contributed by atoms with Crippen LogP contribution < -0.4 is 10.2 Å². The fraction of sp³-hybridized carbons (Fsp3) is 0.480. The first kappa shape index (κ1) is 24.7. The molecule has 3 aromatic rings. The molecule has 2 aliphatic heterocycles. The molecule has 4 heterocycles. The highest BCUT2D eigenvalue weighted by Crippen LogP contribution is 2.27. The molecule has 0 spiro atoms. The van der Waals surface area contributed by atoms with Crippen molar-refractivity contribution in [3.8, 4) is 0 Å². The molecule has 36 heavy (non-hydrogen) atoms. The third-order valence-electron chi connectivity index (χ3n) is 6.98. The first-order valence-electron chi connectivity index (χ1n) is 12.4. The molecular formula is C25H33N7O3S. The van der Waals surface area contributed by atoms with Crippen molar-refractivity contribution in [2.45, 2.75) is 25.2 Å². The molecule has 2 aromatic heterocycles. The van der Waals surface area contributed by atoms with Crippen LogP contribution in [-0.2, 0) is 14.8 Å². The van der Waals surface area contributed by atoms with Crippen molar-refractivity contribution in [1.29, 1.82) is 0 Å². The minimum absolute atomic E-state index is 0.118. The number of piperazine rings is 1. The molecular weight excluding hydrogens is 478 g/mol. The number of piperidine rings is 1. The number of nitrogens with zero attached hydrogens (tertiary/aromatic N) is 5. The lowest BCUT2D eigenvalue weighted by atomic mass is 9.94. The molecule has 2 unspecified atom stereocenters. The second kappa shape index (κ2) is 10.2. The number of carbonyl (C=O) groups excluding carboxylic acids is 1. The predicted octanol–water partition coefficient (Wildman–Crippen LogP) is 2.39. The van der Waals surface area contributed by atoms with Gasteiger partial charge in [0.2, 0.25) is 15.9 Å². The molecule has 1 aromatic carbocycles. The minimum Gasteiger partial charge on any atom is -0.353 e. The Morgan fingerprint density at radius 1 is 1.03 bits per heavy atom. The zero-order valence-corrected chi connectivity index (χ0v) is 21.5. The van der Waals surface area contributed by atoms with Crippen LogP contribution in [0.3, 0.4) is 0 Å². The van der Waals surface area contributed by atoms with E-state index in [2.05, 4.69) is 43.9 Å². The highest BCUT2D eigenvalue weighted by Gasteiger charge is 2.31. The van der Waals surface area contributed by atoms with Gasteiger partial charge in [0.25, 0.3) is 0 Å². The summed E-state index contributed by atoms with van der Waals surface area (Å²) in [6.45, 7) is 8.58. The molecule has 0 radical (unpaired) electrons. The van der Waals surface area contributed by atoms with Crippen LogP contribution in [0.15, 0.2) is 47.8 Å². The Balaban J connectivity index is 1.14. The molecule has 11 heteroatoms. The Hall–Kier alpha value is -3.02. The highest BCUT2D eigenvalue weighted by molar-refractivity contribution is 7.89. The van der Waals surface area contributed by atoms with E-state index in [9.17, 15) is 13.2 Å². The normalized spacial score (nSPS) is 22.1. The molecule has 5 rings (SSSR count). The monoisotopic (exact) mass is 511 g/mol. The summed E-state index contributed by atoms with van der Waals surface area (Å²) in [5, 5.41) is 3.90. The molecule has 2 saturated heterocycles. The maximum atomic E-state index is 13.1. The van der Waals surface area contributed by atoms with E-state index in [0.717, 1.165) is 49.5 Å². The van der Waals surface area contributed by atoms with Gasteiger partial charge in [-0.1, -0.05) is 13.8 Å². The maximum Gasteiger partial charge on any atom is 0.243 e. The molecule has 10 nitrogen and oxygen atoms in total. The fourth-order valence-corrected chi connectivity index (χ4v) is 6.97. The zero-order chi connectivity index (χ0) is 25.3. The zero-order valence-electron chi connectivity index (χ0n) is 20.7. The smallest absolute Gasteiger partial charge is 0.243 e. The van der Waals surface area contributed by atoms with Crippen molar-refractivity contribution in [2.75, 3.05) is 56.0 Å². The number of hydrogen-bond donors (Lipinski definition) is 2. The van der Waals surface area contributed by atoms with E-state index in [1.165, 1.54) is 0 Å². The van der Waals surface area contributed by atoms with Crippen LogP contribution in [0, 0.1) is 11.8 Å². The molecule has 2 fully saturated rings. The van der Waals surface area contributed by atoms with Gasteiger partial charge < -0.3 is 15.2 Å². The van der Waals surface area contributed by atoms with Crippen LogP contribution in [0.2, 0.25) is 0 Å². The van der Waals surface area contributed by atoms with E-state index in [1.807, 2.05) is 12.3 Å². The Labute approximate surface area is 211 Å². The number of sulfonamides is 1. The number of amides is 1. The van der Waals surface area contributed by atoms with Gasteiger partial charge in [0.1, 0.15) is 17.8 Å². The summed E-state index contributed by atoms with van der Waals surface area (Å²) in [6, 6.07) is 8.47. The lowest BCUT2D eigenvalue weighted by Gasteiger charge is -2.35. The average molecular weight is 512 g/mol.